The van der Waals surface area contributed by atoms with Crippen LogP contribution < -0.4 is 11.1 Å². The number of aliphatic hydroxyl groups is 1. The lowest BCUT2D eigenvalue weighted by Gasteiger charge is -2.40. The lowest BCUT2D eigenvalue weighted by Crippen LogP contribution is -2.49. The number of aromatic nitrogens is 1. The SMILES string of the molecule is NC(=O)c1cnc2c(c1NC1C[C@@H]3CC[C@@H](C1)N3C(=O)c1ccc(CO)cc1)C=CC2. The number of benzene rings is 1. The number of pyridine rings is 1. The molecule has 2 amide bonds. The number of hydrogen-bond acceptors (Lipinski definition) is 5. The zero-order valence-electron chi connectivity index (χ0n) is 17.3. The number of hydrogen-bond donors (Lipinski definition) is 3. The van der Waals surface area contributed by atoms with E-state index < -0.39 is 5.91 Å². The molecular formula is C24H26N4O3. The third kappa shape index (κ3) is 3.49. The first-order valence-electron chi connectivity index (χ1n) is 10.8. The van der Waals surface area contributed by atoms with E-state index in [0.717, 1.165) is 54.6 Å². The Morgan fingerprint density at radius 3 is 2.52 bits per heavy atom. The van der Waals surface area contributed by atoms with Crippen LogP contribution in [0.5, 0.6) is 0 Å². The molecule has 3 heterocycles. The van der Waals surface area contributed by atoms with Gasteiger partial charge in [-0.3, -0.25) is 14.6 Å². The minimum Gasteiger partial charge on any atom is -0.392 e. The smallest absolute Gasteiger partial charge is 0.254 e. The van der Waals surface area contributed by atoms with E-state index in [0.29, 0.717) is 11.1 Å². The fraction of sp³-hybridized carbons (Fsp3) is 0.375. The van der Waals surface area contributed by atoms with Crippen LogP contribution in [0.3, 0.4) is 0 Å². The number of carbonyl (C=O) groups is 2. The zero-order chi connectivity index (χ0) is 21.5. The average Bonchev–Trinajstić information content (AvgIpc) is 3.36. The van der Waals surface area contributed by atoms with Gasteiger partial charge in [-0.05, 0) is 43.4 Å². The molecule has 1 aromatic heterocycles. The molecule has 0 unspecified atom stereocenters. The second-order valence-corrected chi connectivity index (χ2v) is 8.64. The van der Waals surface area contributed by atoms with Gasteiger partial charge in [0.15, 0.2) is 0 Å². The molecule has 1 aliphatic carbocycles. The molecule has 0 saturated carbocycles. The van der Waals surface area contributed by atoms with Crippen molar-refractivity contribution in [1.82, 2.24) is 9.88 Å². The number of allylic oxidation sites excluding steroid dienone is 1. The normalized spacial score (nSPS) is 23.6. The number of anilines is 1. The molecule has 0 radical (unpaired) electrons. The Labute approximate surface area is 181 Å². The first-order chi connectivity index (χ1) is 15.0. The van der Waals surface area contributed by atoms with Crippen LogP contribution >= 0.6 is 0 Å². The average molecular weight is 418 g/mol. The number of aliphatic hydroxyl groups excluding tert-OH is 1. The number of nitrogens with two attached hydrogens (primary N) is 1. The van der Waals surface area contributed by atoms with Gasteiger partial charge in [-0.15, -0.1) is 0 Å². The summed E-state index contributed by atoms with van der Waals surface area (Å²) in [5.41, 5.74) is 10.2. The van der Waals surface area contributed by atoms with E-state index in [4.69, 9.17) is 5.73 Å². The summed E-state index contributed by atoms with van der Waals surface area (Å²) in [4.78, 5) is 31.6. The molecule has 2 bridgehead atoms. The molecule has 1 aromatic carbocycles. The fourth-order valence-electron chi connectivity index (χ4n) is 5.27. The molecule has 2 aliphatic heterocycles. The van der Waals surface area contributed by atoms with E-state index in [9.17, 15) is 14.7 Å². The van der Waals surface area contributed by atoms with Crippen molar-refractivity contribution in [3.63, 3.8) is 0 Å². The maximum absolute atomic E-state index is 13.2. The van der Waals surface area contributed by atoms with Gasteiger partial charge >= 0.3 is 0 Å². The highest BCUT2D eigenvalue weighted by molar-refractivity contribution is 6.00. The second kappa shape index (κ2) is 7.81. The van der Waals surface area contributed by atoms with E-state index in [1.807, 2.05) is 17.1 Å². The molecule has 4 N–H and O–H groups in total. The Kier molecular flexibility index (Phi) is 4.98. The number of nitrogens with one attached hydrogen (secondary N) is 1. The molecule has 31 heavy (non-hydrogen) atoms. The summed E-state index contributed by atoms with van der Waals surface area (Å²) in [5, 5.41) is 12.8. The number of piperidine rings is 1. The second-order valence-electron chi connectivity index (χ2n) is 8.64. The maximum Gasteiger partial charge on any atom is 0.254 e. The quantitative estimate of drug-likeness (QED) is 0.691. The molecule has 3 aliphatic rings. The van der Waals surface area contributed by atoms with Gasteiger partial charge in [0.2, 0.25) is 0 Å². The highest BCUT2D eigenvalue weighted by atomic mass is 16.3. The van der Waals surface area contributed by atoms with Crippen molar-refractivity contribution in [2.24, 2.45) is 5.73 Å². The van der Waals surface area contributed by atoms with Gasteiger partial charge in [0.25, 0.3) is 11.8 Å². The lowest BCUT2D eigenvalue weighted by molar-refractivity contribution is 0.0583. The van der Waals surface area contributed by atoms with Gasteiger partial charge in [0.05, 0.1) is 23.6 Å². The first-order valence-corrected chi connectivity index (χ1v) is 10.8. The third-order valence-electron chi connectivity index (χ3n) is 6.76. The Morgan fingerprint density at radius 2 is 1.87 bits per heavy atom. The van der Waals surface area contributed by atoms with Gasteiger partial charge < -0.3 is 21.1 Å². The Bertz CT molecular complexity index is 1050. The molecular weight excluding hydrogens is 392 g/mol. The number of nitrogens with zero attached hydrogens (tertiary/aromatic N) is 2. The van der Waals surface area contributed by atoms with Crippen LogP contribution in [0.1, 0.15) is 63.2 Å². The molecule has 2 saturated heterocycles. The summed E-state index contributed by atoms with van der Waals surface area (Å²) < 4.78 is 0. The summed E-state index contributed by atoms with van der Waals surface area (Å²) >= 11 is 0. The van der Waals surface area contributed by atoms with Crippen molar-refractivity contribution in [2.45, 2.75) is 56.8 Å². The number of fused-ring (bicyclic) bond motifs is 3. The lowest BCUT2D eigenvalue weighted by atomic mass is 9.95. The summed E-state index contributed by atoms with van der Waals surface area (Å²) in [6.07, 6.45) is 10.0. The van der Waals surface area contributed by atoms with E-state index >= 15 is 0 Å². The number of primary amides is 1. The van der Waals surface area contributed by atoms with Crippen LogP contribution in [0.4, 0.5) is 5.69 Å². The van der Waals surface area contributed by atoms with Gasteiger partial charge in [-0.1, -0.05) is 24.3 Å². The molecule has 0 spiro atoms. The number of rotatable bonds is 5. The number of carbonyl (C=O) groups excluding carboxylic acids is 2. The van der Waals surface area contributed by atoms with Gasteiger partial charge in [-0.2, -0.15) is 0 Å². The standard InChI is InChI=1S/C24H26N4O3/c25-23(30)20-12-26-21-3-1-2-19(21)22(20)27-16-10-17-8-9-18(11-16)28(17)24(31)15-6-4-14(13-29)5-7-15/h1-2,4-7,12,16-18,29H,3,8-11,13H2,(H2,25,30)(H,26,27)/t17-,18-/m0/s1. The van der Waals surface area contributed by atoms with E-state index in [1.165, 1.54) is 0 Å². The van der Waals surface area contributed by atoms with Crippen LogP contribution in [0.2, 0.25) is 0 Å². The minimum atomic E-state index is -0.486. The largest absolute Gasteiger partial charge is 0.392 e. The zero-order valence-corrected chi connectivity index (χ0v) is 17.3. The molecule has 2 fully saturated rings. The van der Waals surface area contributed by atoms with Crippen LogP contribution in [-0.2, 0) is 13.0 Å². The monoisotopic (exact) mass is 418 g/mol. The van der Waals surface area contributed by atoms with Crippen LogP contribution in [0.15, 0.2) is 36.5 Å². The topological polar surface area (TPSA) is 109 Å². The van der Waals surface area contributed by atoms with Crippen molar-refractivity contribution in [3.05, 3.63) is 64.5 Å². The van der Waals surface area contributed by atoms with E-state index in [2.05, 4.69) is 10.3 Å². The maximum atomic E-state index is 13.2. The predicted octanol–water partition coefficient (Wildman–Crippen LogP) is 2.49. The van der Waals surface area contributed by atoms with E-state index in [1.54, 1.807) is 30.5 Å². The third-order valence-corrected chi connectivity index (χ3v) is 6.76. The summed E-state index contributed by atoms with van der Waals surface area (Å²) in [6.45, 7) is -0.0298. The molecule has 5 rings (SSSR count). The van der Waals surface area contributed by atoms with Crippen molar-refractivity contribution in [3.8, 4) is 0 Å². The van der Waals surface area contributed by atoms with Crippen molar-refractivity contribution < 1.29 is 14.7 Å². The highest BCUT2D eigenvalue weighted by Gasteiger charge is 2.43. The summed E-state index contributed by atoms with van der Waals surface area (Å²) in [7, 11) is 0. The Hall–Kier alpha value is -3.19. The minimum absolute atomic E-state index is 0.0298. The summed E-state index contributed by atoms with van der Waals surface area (Å²) in [5.74, 6) is -0.430. The van der Waals surface area contributed by atoms with Crippen LogP contribution in [0.25, 0.3) is 6.08 Å². The summed E-state index contributed by atoms with van der Waals surface area (Å²) in [6, 6.07) is 7.69. The fourth-order valence-corrected chi connectivity index (χ4v) is 5.27. The van der Waals surface area contributed by atoms with Crippen molar-refractivity contribution >= 4 is 23.6 Å². The van der Waals surface area contributed by atoms with Crippen LogP contribution in [-0.4, -0.2) is 44.9 Å². The first kappa shape index (κ1) is 19.8. The molecule has 2 atom stereocenters. The van der Waals surface area contributed by atoms with Gasteiger partial charge in [0.1, 0.15) is 0 Å². The molecule has 160 valence electrons. The Balaban J connectivity index is 1.35. The highest BCUT2D eigenvalue weighted by Crippen LogP contribution is 2.39. The van der Waals surface area contributed by atoms with Crippen molar-refractivity contribution in [1.29, 1.82) is 0 Å². The Morgan fingerprint density at radius 1 is 1.16 bits per heavy atom. The van der Waals surface area contributed by atoms with Gasteiger partial charge in [-0.25, -0.2) is 0 Å². The molecule has 7 nitrogen and oxygen atoms in total. The predicted molar refractivity (Wildman–Crippen MR) is 117 cm³/mol. The van der Waals surface area contributed by atoms with E-state index in [-0.39, 0.29) is 30.6 Å². The molecule has 2 aromatic rings. The molecule has 7 heteroatoms. The van der Waals surface area contributed by atoms with Crippen molar-refractivity contribution in [2.75, 3.05) is 5.32 Å². The number of amides is 2. The van der Waals surface area contributed by atoms with Gasteiger partial charge in [0, 0.05) is 41.9 Å². The van der Waals surface area contributed by atoms with Crippen LogP contribution in [0, 0.1) is 0 Å².